The molecule has 1 rings (SSSR count). The van der Waals surface area contributed by atoms with Crippen molar-refractivity contribution >= 4 is 23.3 Å². The van der Waals surface area contributed by atoms with Crippen molar-refractivity contribution in [2.45, 2.75) is 33.2 Å². The molecule has 5 heteroatoms. The van der Waals surface area contributed by atoms with Crippen molar-refractivity contribution in [3.05, 3.63) is 22.8 Å². The summed E-state index contributed by atoms with van der Waals surface area (Å²) in [6.45, 7) is 6.18. The minimum absolute atomic E-state index is 0.149. The summed E-state index contributed by atoms with van der Waals surface area (Å²) in [4.78, 5) is 15.8. The van der Waals surface area contributed by atoms with E-state index in [1.54, 1.807) is 0 Å². The number of nitrogen functional groups attached to an aromatic ring is 1. The number of anilines is 1. The van der Waals surface area contributed by atoms with E-state index in [0.29, 0.717) is 11.5 Å². The van der Waals surface area contributed by atoms with E-state index in [1.165, 1.54) is 12.1 Å². The third kappa shape index (κ3) is 3.89. The Bertz CT molecular complexity index is 386. The molecule has 1 atom stereocenters. The van der Waals surface area contributed by atoms with E-state index in [2.05, 4.69) is 24.1 Å². The van der Waals surface area contributed by atoms with E-state index >= 15 is 0 Å². The highest BCUT2D eigenvalue weighted by Gasteiger charge is 2.16. The van der Waals surface area contributed by atoms with Crippen molar-refractivity contribution in [2.75, 3.05) is 5.73 Å². The lowest BCUT2D eigenvalue weighted by Gasteiger charge is -2.20. The molecule has 94 valence electrons. The largest absolute Gasteiger partial charge is 0.384 e. The quantitative estimate of drug-likeness (QED) is 0.813. The van der Waals surface area contributed by atoms with Gasteiger partial charge in [-0.05, 0) is 24.5 Å². The number of nitrogens with zero attached hydrogens (tertiary/aromatic N) is 1. The maximum absolute atomic E-state index is 12.0. The number of amides is 1. The number of pyridine rings is 1. The second-order valence-electron chi connectivity index (χ2n) is 4.34. The van der Waals surface area contributed by atoms with Gasteiger partial charge in [-0.3, -0.25) is 4.79 Å². The molecule has 0 saturated carbocycles. The van der Waals surface area contributed by atoms with Gasteiger partial charge in [0.1, 0.15) is 11.0 Å². The Hall–Kier alpha value is -1.29. The molecule has 1 amide bonds. The smallest absolute Gasteiger partial charge is 0.251 e. The normalized spacial score (nSPS) is 12.5. The van der Waals surface area contributed by atoms with E-state index in [-0.39, 0.29) is 22.9 Å². The van der Waals surface area contributed by atoms with Crippen LogP contribution >= 0.6 is 11.6 Å². The number of hydrogen-bond donors (Lipinski definition) is 2. The first-order valence-corrected chi connectivity index (χ1v) is 6.05. The van der Waals surface area contributed by atoms with Gasteiger partial charge >= 0.3 is 0 Å². The lowest BCUT2D eigenvalue weighted by molar-refractivity contribution is 0.0924. The van der Waals surface area contributed by atoms with Gasteiger partial charge < -0.3 is 11.1 Å². The summed E-state index contributed by atoms with van der Waals surface area (Å²) >= 11 is 5.76. The third-order valence-corrected chi connectivity index (χ3v) is 2.83. The van der Waals surface area contributed by atoms with Crippen molar-refractivity contribution in [2.24, 2.45) is 5.92 Å². The summed E-state index contributed by atoms with van der Waals surface area (Å²) < 4.78 is 0. The number of nitrogens with two attached hydrogens (primary N) is 1. The molecule has 0 spiro atoms. The molecule has 1 aromatic rings. The van der Waals surface area contributed by atoms with Crippen molar-refractivity contribution in [1.82, 2.24) is 10.3 Å². The number of carbonyl (C=O) groups excluding carboxylic acids is 1. The molecule has 0 fully saturated rings. The molecule has 0 aliphatic heterocycles. The molecule has 0 aromatic carbocycles. The van der Waals surface area contributed by atoms with Crippen molar-refractivity contribution in [1.29, 1.82) is 0 Å². The molecule has 0 aliphatic rings. The van der Waals surface area contributed by atoms with Gasteiger partial charge in [0.2, 0.25) is 0 Å². The standard InChI is InChI=1S/C12H18ClN3O/c1-4-9(7(2)3)15-12(17)8-5-10(13)16-11(14)6-8/h5-7,9H,4H2,1-3H3,(H2,14,16)(H,15,17). The van der Waals surface area contributed by atoms with E-state index in [4.69, 9.17) is 17.3 Å². The Kier molecular flexibility index (Phi) is 4.75. The molecule has 0 aliphatic carbocycles. The maximum atomic E-state index is 12.0. The van der Waals surface area contributed by atoms with Crippen LogP contribution in [-0.2, 0) is 0 Å². The second-order valence-corrected chi connectivity index (χ2v) is 4.72. The van der Waals surface area contributed by atoms with Crippen LogP contribution in [0.4, 0.5) is 5.82 Å². The SMILES string of the molecule is CCC(NC(=O)c1cc(N)nc(Cl)c1)C(C)C. The highest BCUT2D eigenvalue weighted by Crippen LogP contribution is 2.13. The summed E-state index contributed by atoms with van der Waals surface area (Å²) in [5.41, 5.74) is 5.99. The fourth-order valence-corrected chi connectivity index (χ4v) is 1.86. The topological polar surface area (TPSA) is 68.0 Å². The van der Waals surface area contributed by atoms with E-state index in [0.717, 1.165) is 6.42 Å². The molecule has 17 heavy (non-hydrogen) atoms. The molecule has 3 N–H and O–H groups in total. The Morgan fingerprint density at radius 3 is 2.65 bits per heavy atom. The van der Waals surface area contributed by atoms with Crippen LogP contribution in [0.5, 0.6) is 0 Å². The number of halogens is 1. The predicted octanol–water partition coefficient (Wildman–Crippen LogP) is 2.48. The van der Waals surface area contributed by atoms with Crippen LogP contribution in [0.3, 0.4) is 0 Å². The zero-order valence-corrected chi connectivity index (χ0v) is 11.1. The average molecular weight is 256 g/mol. The number of aromatic nitrogens is 1. The molecule has 4 nitrogen and oxygen atoms in total. The van der Waals surface area contributed by atoms with Crippen LogP contribution in [0, 0.1) is 5.92 Å². The lowest BCUT2D eigenvalue weighted by atomic mass is 10.0. The molecule has 0 radical (unpaired) electrons. The first-order valence-electron chi connectivity index (χ1n) is 5.68. The van der Waals surface area contributed by atoms with Crippen LogP contribution in [0.15, 0.2) is 12.1 Å². The number of nitrogens with one attached hydrogen (secondary N) is 1. The van der Waals surface area contributed by atoms with Gasteiger partial charge in [-0.15, -0.1) is 0 Å². The van der Waals surface area contributed by atoms with Crippen molar-refractivity contribution in [3.63, 3.8) is 0 Å². The molecule has 0 saturated heterocycles. The Labute approximate surface area is 107 Å². The van der Waals surface area contributed by atoms with E-state index in [1.807, 2.05) is 6.92 Å². The van der Waals surface area contributed by atoms with Gasteiger partial charge in [-0.1, -0.05) is 32.4 Å². The minimum atomic E-state index is -0.165. The predicted molar refractivity (Wildman–Crippen MR) is 70.0 cm³/mol. The summed E-state index contributed by atoms with van der Waals surface area (Å²) in [5, 5.41) is 3.19. The van der Waals surface area contributed by atoms with Crippen LogP contribution in [-0.4, -0.2) is 16.9 Å². The zero-order valence-electron chi connectivity index (χ0n) is 10.3. The highest BCUT2D eigenvalue weighted by molar-refractivity contribution is 6.29. The van der Waals surface area contributed by atoms with Crippen molar-refractivity contribution < 1.29 is 4.79 Å². The van der Waals surface area contributed by atoms with E-state index in [9.17, 15) is 4.79 Å². The van der Waals surface area contributed by atoms with E-state index < -0.39 is 0 Å². The number of rotatable bonds is 4. The summed E-state index contributed by atoms with van der Waals surface area (Å²) in [5.74, 6) is 0.473. The van der Waals surface area contributed by atoms with Crippen LogP contribution in [0.25, 0.3) is 0 Å². The minimum Gasteiger partial charge on any atom is -0.384 e. The van der Waals surface area contributed by atoms with Gasteiger partial charge in [-0.25, -0.2) is 4.98 Å². The summed E-state index contributed by atoms with van der Waals surface area (Å²) in [7, 11) is 0. The second kappa shape index (κ2) is 5.87. The van der Waals surface area contributed by atoms with Crippen LogP contribution in [0.2, 0.25) is 5.15 Å². The maximum Gasteiger partial charge on any atom is 0.251 e. The first-order chi connectivity index (χ1) is 7.93. The lowest BCUT2D eigenvalue weighted by Crippen LogP contribution is -2.38. The number of carbonyl (C=O) groups is 1. The molecular formula is C12H18ClN3O. The first kappa shape index (κ1) is 13.8. The highest BCUT2D eigenvalue weighted by atomic mass is 35.5. The fourth-order valence-electron chi connectivity index (χ4n) is 1.64. The van der Waals surface area contributed by atoms with Gasteiger partial charge in [0, 0.05) is 11.6 Å². The Balaban J connectivity index is 2.82. The number of hydrogen-bond acceptors (Lipinski definition) is 3. The molecule has 1 unspecified atom stereocenters. The Morgan fingerprint density at radius 1 is 1.53 bits per heavy atom. The molecule has 0 bridgehead atoms. The molecule has 1 aromatic heterocycles. The van der Waals surface area contributed by atoms with Gasteiger partial charge in [0.05, 0.1) is 0 Å². The van der Waals surface area contributed by atoms with Crippen LogP contribution < -0.4 is 11.1 Å². The van der Waals surface area contributed by atoms with Crippen molar-refractivity contribution in [3.8, 4) is 0 Å². The third-order valence-electron chi connectivity index (χ3n) is 2.64. The summed E-state index contributed by atoms with van der Waals surface area (Å²) in [6.07, 6.45) is 0.887. The molecule has 1 heterocycles. The zero-order chi connectivity index (χ0) is 13.0. The van der Waals surface area contributed by atoms with Gasteiger partial charge in [0.15, 0.2) is 0 Å². The van der Waals surface area contributed by atoms with Gasteiger partial charge in [0.25, 0.3) is 5.91 Å². The van der Waals surface area contributed by atoms with Gasteiger partial charge in [-0.2, -0.15) is 0 Å². The monoisotopic (exact) mass is 255 g/mol. The average Bonchev–Trinajstić information content (AvgIpc) is 2.23. The fraction of sp³-hybridized carbons (Fsp3) is 0.500. The summed E-state index contributed by atoms with van der Waals surface area (Å²) in [6, 6.07) is 3.19. The van der Waals surface area contributed by atoms with Crippen LogP contribution in [0.1, 0.15) is 37.6 Å². The Morgan fingerprint density at radius 2 is 2.18 bits per heavy atom. The molecular weight excluding hydrogens is 238 g/mol.